The molecule has 8 nitrogen and oxygen atoms in total. The first kappa shape index (κ1) is 51.5. The van der Waals surface area contributed by atoms with E-state index >= 15 is 0 Å². The number of unbranched alkanes of at least 4 members (excludes halogenated alkanes) is 13. The summed E-state index contributed by atoms with van der Waals surface area (Å²) in [6.45, 7) is 4.50. The van der Waals surface area contributed by atoms with Crippen LogP contribution in [0.3, 0.4) is 0 Å². The van der Waals surface area contributed by atoms with Crippen LogP contribution in [0.5, 0.6) is 0 Å². The van der Waals surface area contributed by atoms with Gasteiger partial charge in [-0.3, -0.25) is 9.59 Å². The number of aliphatic carboxylic acids is 1. The van der Waals surface area contributed by atoms with Crippen molar-refractivity contribution in [2.24, 2.45) is 0 Å². The van der Waals surface area contributed by atoms with Crippen LogP contribution in [0.1, 0.15) is 142 Å². The number of hydrogen-bond donors (Lipinski definition) is 1. The standard InChI is InChI=1S/C47H77NO7/c1-6-8-10-12-14-16-18-20-22-23-24-26-28-30-32-34-36-38-46(50)55-43(41-53-40-39-44(47(51)52)48(3,4)5)42-54-45(49)37-35-33-31-29-27-25-21-19-17-15-13-11-9-7-2/h8,10,12,14,16,18,20,22-28,43-44H,6-7,9,11,13,15,17,19,21,29-42H2,1-5H3/p+1/b10-8+,14-12+,18-16+,22-20+,24-23+,27-25+,28-26+. The maximum absolute atomic E-state index is 12.7. The number of carbonyl (C=O) groups is 3. The Morgan fingerprint density at radius 1 is 0.564 bits per heavy atom. The van der Waals surface area contributed by atoms with Gasteiger partial charge in [0, 0.05) is 19.3 Å². The predicted octanol–water partition coefficient (Wildman–Crippen LogP) is 11.4. The van der Waals surface area contributed by atoms with E-state index in [2.05, 4.69) is 38.2 Å². The molecule has 0 aromatic rings. The van der Waals surface area contributed by atoms with E-state index in [9.17, 15) is 19.5 Å². The second-order valence-corrected chi connectivity index (χ2v) is 15.0. The number of carboxylic acid groups (broad SMARTS) is 1. The van der Waals surface area contributed by atoms with Gasteiger partial charge in [0.1, 0.15) is 6.61 Å². The van der Waals surface area contributed by atoms with E-state index in [0.717, 1.165) is 57.8 Å². The zero-order valence-corrected chi connectivity index (χ0v) is 35.3. The molecule has 8 heteroatoms. The Hall–Kier alpha value is -3.49. The fourth-order valence-corrected chi connectivity index (χ4v) is 5.65. The van der Waals surface area contributed by atoms with Crippen molar-refractivity contribution in [2.45, 2.75) is 154 Å². The highest BCUT2D eigenvalue weighted by molar-refractivity contribution is 5.72. The van der Waals surface area contributed by atoms with Crippen LogP contribution in [-0.4, -0.2) is 80.6 Å². The highest BCUT2D eigenvalue weighted by Crippen LogP contribution is 2.12. The van der Waals surface area contributed by atoms with Crippen molar-refractivity contribution in [1.29, 1.82) is 0 Å². The Balaban J connectivity index is 4.52. The number of rotatable bonds is 36. The summed E-state index contributed by atoms with van der Waals surface area (Å²) in [5.41, 5.74) is 0. The number of ether oxygens (including phenoxy) is 3. The number of carboxylic acids is 1. The van der Waals surface area contributed by atoms with Gasteiger partial charge in [-0.2, -0.15) is 0 Å². The molecule has 0 aliphatic carbocycles. The second kappa shape index (κ2) is 37.4. The van der Waals surface area contributed by atoms with Gasteiger partial charge >= 0.3 is 17.9 Å². The first-order valence-corrected chi connectivity index (χ1v) is 21.2. The summed E-state index contributed by atoms with van der Waals surface area (Å²) in [6, 6.07) is -0.629. The third-order valence-corrected chi connectivity index (χ3v) is 8.94. The molecule has 0 aliphatic heterocycles. The maximum atomic E-state index is 12.7. The van der Waals surface area contributed by atoms with Crippen molar-refractivity contribution in [3.05, 3.63) is 85.1 Å². The minimum atomic E-state index is -0.889. The molecule has 1 N–H and O–H groups in total. The summed E-state index contributed by atoms with van der Waals surface area (Å²) in [4.78, 5) is 36.9. The van der Waals surface area contributed by atoms with Crippen molar-refractivity contribution in [2.75, 3.05) is 41.0 Å². The molecule has 0 saturated carbocycles. The summed E-state index contributed by atoms with van der Waals surface area (Å²) in [6.07, 6.45) is 47.7. The third-order valence-electron chi connectivity index (χ3n) is 8.94. The van der Waals surface area contributed by atoms with Crippen LogP contribution in [-0.2, 0) is 28.6 Å². The van der Waals surface area contributed by atoms with Crippen LogP contribution in [0.4, 0.5) is 0 Å². The van der Waals surface area contributed by atoms with Crippen LogP contribution in [0.2, 0.25) is 0 Å². The first-order valence-electron chi connectivity index (χ1n) is 21.2. The van der Waals surface area contributed by atoms with Crippen LogP contribution >= 0.6 is 0 Å². The lowest BCUT2D eigenvalue weighted by Crippen LogP contribution is -2.50. The Labute approximate surface area is 335 Å². The van der Waals surface area contributed by atoms with Crippen molar-refractivity contribution in [3.63, 3.8) is 0 Å². The molecule has 0 aromatic carbocycles. The lowest BCUT2D eigenvalue weighted by molar-refractivity contribution is -0.887. The van der Waals surface area contributed by atoms with Crippen LogP contribution < -0.4 is 0 Å². The molecular formula is C47H78NO7+. The number of hydrogen-bond acceptors (Lipinski definition) is 6. The van der Waals surface area contributed by atoms with Crippen LogP contribution in [0, 0.1) is 0 Å². The molecule has 55 heavy (non-hydrogen) atoms. The molecule has 312 valence electrons. The predicted molar refractivity (Wildman–Crippen MR) is 229 cm³/mol. The minimum Gasteiger partial charge on any atom is -0.477 e. The Morgan fingerprint density at radius 2 is 1.04 bits per heavy atom. The average molecular weight is 769 g/mol. The number of esters is 2. The number of likely N-dealkylation sites (N-methyl/N-ethyl adjacent to an activating group) is 1. The minimum absolute atomic E-state index is 0.0329. The molecule has 0 saturated heterocycles. The van der Waals surface area contributed by atoms with Gasteiger partial charge in [-0.1, -0.05) is 150 Å². The summed E-state index contributed by atoms with van der Waals surface area (Å²) in [5, 5.41) is 9.61. The zero-order chi connectivity index (χ0) is 40.7. The summed E-state index contributed by atoms with van der Waals surface area (Å²) in [7, 11) is 5.49. The number of nitrogens with zero attached hydrogens (tertiary/aromatic N) is 1. The maximum Gasteiger partial charge on any atom is 0.362 e. The van der Waals surface area contributed by atoms with E-state index in [1.807, 2.05) is 81.9 Å². The second-order valence-electron chi connectivity index (χ2n) is 15.0. The van der Waals surface area contributed by atoms with Gasteiger partial charge in [0.25, 0.3) is 0 Å². The highest BCUT2D eigenvalue weighted by atomic mass is 16.6. The van der Waals surface area contributed by atoms with Crippen molar-refractivity contribution in [1.82, 2.24) is 0 Å². The van der Waals surface area contributed by atoms with Gasteiger partial charge in [-0.25, -0.2) is 4.79 Å². The third kappa shape index (κ3) is 35.9. The van der Waals surface area contributed by atoms with Crippen molar-refractivity contribution < 1.29 is 38.2 Å². The van der Waals surface area contributed by atoms with Gasteiger partial charge in [0.2, 0.25) is 0 Å². The molecular weight excluding hydrogens is 691 g/mol. The molecule has 0 bridgehead atoms. The fourth-order valence-electron chi connectivity index (χ4n) is 5.65. The van der Waals surface area contributed by atoms with E-state index in [4.69, 9.17) is 14.2 Å². The van der Waals surface area contributed by atoms with E-state index in [1.165, 1.54) is 44.9 Å². The van der Waals surface area contributed by atoms with Gasteiger partial charge in [0.05, 0.1) is 34.4 Å². The van der Waals surface area contributed by atoms with E-state index in [0.29, 0.717) is 19.3 Å². The molecule has 0 aliphatic rings. The molecule has 0 aromatic heterocycles. The topological polar surface area (TPSA) is 99.1 Å². The Kier molecular flexibility index (Phi) is 35.1. The van der Waals surface area contributed by atoms with E-state index in [-0.39, 0.29) is 42.7 Å². The van der Waals surface area contributed by atoms with E-state index in [1.54, 1.807) is 0 Å². The molecule has 0 radical (unpaired) electrons. The lowest BCUT2D eigenvalue weighted by Gasteiger charge is -2.31. The number of allylic oxidation sites excluding steroid dienone is 14. The van der Waals surface area contributed by atoms with Gasteiger partial charge < -0.3 is 23.8 Å². The Morgan fingerprint density at radius 3 is 1.56 bits per heavy atom. The summed E-state index contributed by atoms with van der Waals surface area (Å²) < 4.78 is 17.2. The van der Waals surface area contributed by atoms with Gasteiger partial charge in [0.15, 0.2) is 12.1 Å². The molecule has 0 spiro atoms. The fraction of sp³-hybridized carbons (Fsp3) is 0.638. The largest absolute Gasteiger partial charge is 0.477 e. The average Bonchev–Trinajstić information content (AvgIpc) is 3.14. The molecule has 0 fully saturated rings. The quantitative estimate of drug-likeness (QED) is 0.0223. The molecule has 0 rings (SSSR count). The molecule has 2 unspecified atom stereocenters. The molecule has 2 atom stereocenters. The first-order chi connectivity index (χ1) is 26.6. The van der Waals surface area contributed by atoms with Crippen LogP contribution in [0.25, 0.3) is 0 Å². The normalized spacial score (nSPS) is 13.8. The SMILES string of the molecule is CC/C=C/C=C/C=C/C=C/C=C/C=C/CCCCCC(=O)OC(COCCC(C(=O)O)[N+](C)(C)C)COC(=O)CCCCC/C=C/CCCCCCCCC. The molecule has 0 heterocycles. The van der Waals surface area contributed by atoms with Gasteiger partial charge in [-0.05, 0) is 57.8 Å². The van der Waals surface area contributed by atoms with Crippen molar-refractivity contribution in [3.8, 4) is 0 Å². The van der Waals surface area contributed by atoms with Crippen molar-refractivity contribution >= 4 is 17.9 Å². The summed E-state index contributed by atoms with van der Waals surface area (Å²) >= 11 is 0. The number of carbonyl (C=O) groups excluding carboxylic acids is 2. The lowest BCUT2D eigenvalue weighted by atomic mass is 10.1. The Bertz CT molecular complexity index is 1170. The summed E-state index contributed by atoms with van der Waals surface area (Å²) in [5.74, 6) is -1.56. The number of quaternary nitrogens is 1. The van der Waals surface area contributed by atoms with Gasteiger partial charge in [-0.15, -0.1) is 0 Å². The smallest absolute Gasteiger partial charge is 0.362 e. The monoisotopic (exact) mass is 769 g/mol. The van der Waals surface area contributed by atoms with Crippen LogP contribution in [0.15, 0.2) is 85.1 Å². The highest BCUT2D eigenvalue weighted by Gasteiger charge is 2.31. The zero-order valence-electron chi connectivity index (χ0n) is 35.3. The molecule has 0 amide bonds. The van der Waals surface area contributed by atoms with E-state index < -0.39 is 18.1 Å².